The molecule has 0 aliphatic carbocycles. The van der Waals surface area contributed by atoms with E-state index < -0.39 is 36.3 Å². The normalized spacial score (nSPS) is 20.7. The van der Waals surface area contributed by atoms with E-state index in [9.17, 15) is 19.5 Å². The third-order valence-corrected chi connectivity index (χ3v) is 14.0. The molecule has 9 heteroatoms. The monoisotopic (exact) mass is 653 g/mol. The Kier molecular flexibility index (Phi) is 9.79. The van der Waals surface area contributed by atoms with Gasteiger partial charge in [0.15, 0.2) is 11.5 Å². The van der Waals surface area contributed by atoms with E-state index in [2.05, 4.69) is 36.4 Å². The fraction of sp³-hybridized carbons (Fsp3) is 0.394. The number of benzene rings is 2. The van der Waals surface area contributed by atoms with Gasteiger partial charge in [0.05, 0.1) is 35.3 Å². The number of ether oxygens (including phenoxy) is 2. The maximum absolute atomic E-state index is 14.3. The summed E-state index contributed by atoms with van der Waals surface area (Å²) >= 11 is 3.29. The Hall–Kier alpha value is -2.82. The zero-order chi connectivity index (χ0) is 30.7. The molecule has 42 heavy (non-hydrogen) atoms. The molecule has 7 nitrogen and oxygen atoms in total. The Morgan fingerprint density at radius 2 is 1.64 bits per heavy atom. The maximum atomic E-state index is 14.3. The van der Waals surface area contributed by atoms with Crippen LogP contribution in [-0.4, -0.2) is 49.4 Å². The highest BCUT2D eigenvalue weighted by molar-refractivity contribution is 9.10. The number of fused-ring (bicyclic) bond motifs is 1. The Bertz CT molecular complexity index is 1440. The minimum Gasteiger partial charge on any atom is -0.491 e. The standard InChI is InChI=1S/C33H40BrNO6Si/c1-6-14-26-30(37)33(22-40-4,31(38)27-29(41-5)28(36)25(34)21-35(26)27)20-13-19-32(2,3)42(39,23-15-9-7-10-16-23)24-17-11-8-12-18-24/h6-12,15-18,21,26,31,38-39H,1,13-14,19-20,22H2,2-5H3. The van der Waals surface area contributed by atoms with E-state index in [1.165, 1.54) is 14.2 Å². The lowest BCUT2D eigenvalue weighted by molar-refractivity contribution is -0.151. The third kappa shape index (κ3) is 5.37. The molecular formula is C33H40BrNO6Si. The van der Waals surface area contributed by atoms with Crippen molar-refractivity contribution in [3.05, 3.63) is 99.9 Å². The Labute approximate surface area is 257 Å². The van der Waals surface area contributed by atoms with Gasteiger partial charge in [-0.05, 0) is 50.6 Å². The molecule has 3 atom stereocenters. The number of hydrogen-bond donors (Lipinski definition) is 2. The smallest absolute Gasteiger partial charge is 0.258 e. The molecular weight excluding hydrogens is 614 g/mol. The number of methoxy groups -OCH3 is 2. The average molecular weight is 655 g/mol. The number of pyridine rings is 1. The number of halogens is 1. The van der Waals surface area contributed by atoms with Crippen LogP contribution < -0.4 is 20.5 Å². The molecule has 0 radical (unpaired) electrons. The van der Waals surface area contributed by atoms with Crippen LogP contribution >= 0.6 is 15.9 Å². The van der Waals surface area contributed by atoms with Crippen LogP contribution in [0.1, 0.15) is 57.4 Å². The molecule has 0 bridgehead atoms. The van der Waals surface area contributed by atoms with Crippen LogP contribution in [0.4, 0.5) is 0 Å². The SMILES string of the molecule is C=CCC1C(=O)C(CCCC(C)(C)[Si](O)(c2ccccc2)c2ccccc2)(COC)C(O)c2c(OC)c(=O)c(Br)cn21. The molecule has 0 amide bonds. The first-order valence-electron chi connectivity index (χ1n) is 14.1. The fourth-order valence-corrected chi connectivity index (χ4v) is 10.8. The molecule has 1 aromatic heterocycles. The molecule has 0 saturated heterocycles. The van der Waals surface area contributed by atoms with Gasteiger partial charge in [0.2, 0.25) is 5.43 Å². The summed E-state index contributed by atoms with van der Waals surface area (Å²) in [5, 5.41) is 13.2. The van der Waals surface area contributed by atoms with Gasteiger partial charge in [-0.2, -0.15) is 0 Å². The summed E-state index contributed by atoms with van der Waals surface area (Å²) in [6.45, 7) is 7.98. The minimum atomic E-state index is -3.27. The molecule has 2 heterocycles. The number of aliphatic hydroxyl groups excluding tert-OH is 1. The maximum Gasteiger partial charge on any atom is 0.258 e. The van der Waals surface area contributed by atoms with E-state index in [0.717, 1.165) is 10.4 Å². The lowest BCUT2D eigenvalue weighted by Gasteiger charge is -2.46. The zero-order valence-electron chi connectivity index (χ0n) is 24.7. The summed E-state index contributed by atoms with van der Waals surface area (Å²) in [5.74, 6) is -0.188. The highest BCUT2D eigenvalue weighted by Gasteiger charge is 2.55. The second-order valence-electron chi connectivity index (χ2n) is 11.7. The predicted molar refractivity (Wildman–Crippen MR) is 171 cm³/mol. The number of rotatable bonds is 12. The van der Waals surface area contributed by atoms with Crippen LogP contribution in [0.3, 0.4) is 0 Å². The highest BCUT2D eigenvalue weighted by atomic mass is 79.9. The van der Waals surface area contributed by atoms with E-state index in [1.54, 1.807) is 16.8 Å². The number of carbonyl (C=O) groups excluding carboxylic acids is 1. The summed E-state index contributed by atoms with van der Waals surface area (Å²) in [5.41, 5.74) is -1.47. The van der Waals surface area contributed by atoms with Crippen LogP contribution in [-0.2, 0) is 9.53 Å². The van der Waals surface area contributed by atoms with Crippen molar-refractivity contribution in [1.82, 2.24) is 4.57 Å². The predicted octanol–water partition coefficient (Wildman–Crippen LogP) is 4.69. The van der Waals surface area contributed by atoms with Crippen molar-refractivity contribution in [3.8, 4) is 5.75 Å². The summed E-state index contributed by atoms with van der Waals surface area (Å²) in [6.07, 6.45) is 3.57. The van der Waals surface area contributed by atoms with Gasteiger partial charge in [0.1, 0.15) is 6.10 Å². The first kappa shape index (κ1) is 32.1. The van der Waals surface area contributed by atoms with Gasteiger partial charge >= 0.3 is 0 Å². The van der Waals surface area contributed by atoms with Gasteiger partial charge in [-0.1, -0.05) is 87.0 Å². The van der Waals surface area contributed by atoms with Crippen LogP contribution in [0.2, 0.25) is 5.04 Å². The van der Waals surface area contributed by atoms with E-state index >= 15 is 0 Å². The first-order valence-corrected chi connectivity index (χ1v) is 16.9. The van der Waals surface area contributed by atoms with Crippen LogP contribution in [0.5, 0.6) is 5.75 Å². The van der Waals surface area contributed by atoms with Crippen LogP contribution in [0.25, 0.3) is 0 Å². The van der Waals surface area contributed by atoms with Crippen LogP contribution in [0, 0.1) is 5.41 Å². The quantitative estimate of drug-likeness (QED) is 0.218. The summed E-state index contributed by atoms with van der Waals surface area (Å²) < 4.78 is 13.0. The van der Waals surface area contributed by atoms with E-state index in [-0.39, 0.29) is 28.3 Å². The highest BCUT2D eigenvalue weighted by Crippen LogP contribution is 2.51. The minimum absolute atomic E-state index is 0.00539. The van der Waals surface area contributed by atoms with Gasteiger partial charge in [0, 0.05) is 13.3 Å². The van der Waals surface area contributed by atoms with Gasteiger partial charge in [0.25, 0.3) is 8.32 Å². The molecule has 2 N–H and O–H groups in total. The number of ketones is 1. The van der Waals surface area contributed by atoms with E-state index in [1.807, 2.05) is 60.7 Å². The van der Waals surface area contributed by atoms with Crippen molar-refractivity contribution in [1.29, 1.82) is 0 Å². The Morgan fingerprint density at radius 1 is 1.07 bits per heavy atom. The largest absolute Gasteiger partial charge is 0.491 e. The number of aromatic nitrogens is 1. The zero-order valence-corrected chi connectivity index (χ0v) is 27.3. The summed E-state index contributed by atoms with van der Waals surface area (Å²) in [6, 6.07) is 18.9. The molecule has 3 unspecified atom stereocenters. The van der Waals surface area contributed by atoms with E-state index in [4.69, 9.17) is 9.47 Å². The Balaban J connectivity index is 1.75. The Morgan fingerprint density at radius 3 is 2.14 bits per heavy atom. The molecule has 2 aromatic carbocycles. The number of carbonyl (C=O) groups is 1. The fourth-order valence-electron chi connectivity index (χ4n) is 6.62. The number of hydrogen-bond acceptors (Lipinski definition) is 6. The van der Waals surface area contributed by atoms with Crippen molar-refractivity contribution >= 4 is 40.4 Å². The summed E-state index contributed by atoms with van der Waals surface area (Å²) in [7, 11) is -0.379. The second kappa shape index (κ2) is 12.8. The van der Waals surface area contributed by atoms with Crippen molar-refractivity contribution < 1.29 is 24.2 Å². The third-order valence-electron chi connectivity index (χ3n) is 8.88. The number of nitrogens with zero attached hydrogens (tertiary/aromatic N) is 1. The molecule has 1 aliphatic heterocycles. The van der Waals surface area contributed by atoms with E-state index in [0.29, 0.717) is 25.7 Å². The van der Waals surface area contributed by atoms with Crippen molar-refractivity contribution in [3.63, 3.8) is 0 Å². The summed E-state index contributed by atoms with van der Waals surface area (Å²) in [4.78, 5) is 39.9. The van der Waals surface area contributed by atoms with Crippen molar-refractivity contribution in [2.24, 2.45) is 5.41 Å². The second-order valence-corrected chi connectivity index (χ2v) is 16.5. The lowest BCUT2D eigenvalue weighted by Crippen LogP contribution is -2.65. The lowest BCUT2D eigenvalue weighted by atomic mass is 9.68. The molecule has 224 valence electrons. The van der Waals surface area contributed by atoms with Gasteiger partial charge in [-0.15, -0.1) is 6.58 Å². The number of Topliss-reactive ketones (excluding diaryl/α,β-unsaturated/α-hetero) is 1. The van der Waals surface area contributed by atoms with Gasteiger partial charge < -0.3 is 23.9 Å². The molecule has 3 aromatic rings. The van der Waals surface area contributed by atoms with Gasteiger partial charge in [-0.3, -0.25) is 9.59 Å². The molecule has 1 aliphatic rings. The molecule has 4 rings (SSSR count). The topological polar surface area (TPSA) is 98.0 Å². The van der Waals surface area contributed by atoms with Crippen LogP contribution in [0.15, 0.2) is 88.8 Å². The van der Waals surface area contributed by atoms with Gasteiger partial charge in [-0.25, -0.2) is 0 Å². The first-order chi connectivity index (χ1) is 20.0. The molecule has 0 spiro atoms. The molecule has 0 fully saturated rings. The molecule has 0 saturated carbocycles. The number of allylic oxidation sites excluding steroid dienone is 1. The van der Waals surface area contributed by atoms with Crippen molar-refractivity contribution in [2.75, 3.05) is 20.8 Å². The average Bonchev–Trinajstić information content (AvgIpc) is 2.99. The number of aliphatic hydroxyl groups is 1. The van der Waals surface area contributed by atoms with Crippen molar-refractivity contribution in [2.45, 2.75) is 56.7 Å².